The zero-order chi connectivity index (χ0) is 15.8. The van der Waals surface area contributed by atoms with Gasteiger partial charge in [-0.1, -0.05) is 0 Å². The van der Waals surface area contributed by atoms with Crippen LogP contribution in [0.3, 0.4) is 0 Å². The van der Waals surface area contributed by atoms with Gasteiger partial charge in [-0.3, -0.25) is 4.68 Å². The Morgan fingerprint density at radius 3 is 3.13 bits per heavy atom. The number of urea groups is 1. The van der Waals surface area contributed by atoms with Gasteiger partial charge in [0.05, 0.1) is 6.04 Å². The van der Waals surface area contributed by atoms with Gasteiger partial charge in [-0.25, -0.2) is 4.79 Å². The highest BCUT2D eigenvalue weighted by atomic mass is 16.2. The summed E-state index contributed by atoms with van der Waals surface area (Å²) in [6.45, 7) is 3.47. The number of aryl methyl sites for hydroxylation is 1. The molecule has 0 unspecified atom stereocenters. The predicted molar refractivity (Wildman–Crippen MR) is 89.5 cm³/mol. The van der Waals surface area contributed by atoms with E-state index in [1.165, 1.54) is 0 Å². The van der Waals surface area contributed by atoms with E-state index >= 15 is 0 Å². The number of H-pyrrole nitrogens is 1. The topological polar surface area (TPSA) is 66.0 Å². The van der Waals surface area contributed by atoms with Crippen LogP contribution in [0.25, 0.3) is 10.9 Å². The second-order valence-corrected chi connectivity index (χ2v) is 6.06. The first kappa shape index (κ1) is 13.9. The van der Waals surface area contributed by atoms with Crippen LogP contribution >= 0.6 is 0 Å². The van der Waals surface area contributed by atoms with Crippen molar-refractivity contribution in [2.75, 3.05) is 18.4 Å². The van der Waals surface area contributed by atoms with E-state index in [-0.39, 0.29) is 12.1 Å². The Morgan fingerprint density at radius 2 is 2.30 bits per heavy atom. The molecule has 4 rings (SSSR count). The van der Waals surface area contributed by atoms with Crippen molar-refractivity contribution in [1.82, 2.24) is 19.7 Å². The second kappa shape index (κ2) is 5.46. The van der Waals surface area contributed by atoms with Crippen LogP contribution < -0.4 is 5.32 Å². The third-order valence-corrected chi connectivity index (χ3v) is 4.36. The molecule has 0 spiro atoms. The van der Waals surface area contributed by atoms with Gasteiger partial charge in [-0.2, -0.15) is 5.10 Å². The van der Waals surface area contributed by atoms with Gasteiger partial charge in [-0.15, -0.1) is 0 Å². The number of carbonyl (C=O) groups excluding carboxylic acids is 1. The van der Waals surface area contributed by atoms with Crippen molar-refractivity contribution in [3.63, 3.8) is 0 Å². The number of benzene rings is 1. The maximum absolute atomic E-state index is 12.4. The molecule has 118 valence electrons. The van der Waals surface area contributed by atoms with Crippen molar-refractivity contribution in [3.05, 3.63) is 48.4 Å². The number of carbonyl (C=O) groups is 1. The number of nitrogens with zero attached hydrogens (tertiary/aromatic N) is 3. The SMILES string of the molecule is Cc1cc2cc(NC(=O)N3CC[C@@H](n4cccn4)C3)ccc2[nH]1. The predicted octanol–water partition coefficient (Wildman–Crippen LogP) is 3.15. The maximum atomic E-state index is 12.4. The van der Waals surface area contributed by atoms with Crippen LogP contribution in [-0.4, -0.2) is 38.8 Å². The summed E-state index contributed by atoms with van der Waals surface area (Å²) in [5.74, 6) is 0. The minimum atomic E-state index is -0.0498. The Morgan fingerprint density at radius 1 is 1.39 bits per heavy atom. The highest BCUT2D eigenvalue weighted by Gasteiger charge is 2.27. The molecule has 2 aromatic heterocycles. The Kier molecular flexibility index (Phi) is 3.29. The van der Waals surface area contributed by atoms with Crippen LogP contribution in [0.4, 0.5) is 10.5 Å². The summed E-state index contributed by atoms with van der Waals surface area (Å²) in [7, 11) is 0. The van der Waals surface area contributed by atoms with Crippen LogP contribution in [0.5, 0.6) is 0 Å². The number of aromatic nitrogens is 3. The summed E-state index contributed by atoms with van der Waals surface area (Å²) >= 11 is 0. The molecule has 0 aliphatic carbocycles. The monoisotopic (exact) mass is 309 g/mol. The molecule has 23 heavy (non-hydrogen) atoms. The number of hydrogen-bond donors (Lipinski definition) is 2. The van der Waals surface area contributed by atoms with Gasteiger partial charge in [0.1, 0.15) is 0 Å². The van der Waals surface area contributed by atoms with Crippen LogP contribution in [0.1, 0.15) is 18.2 Å². The van der Waals surface area contributed by atoms with Crippen LogP contribution in [0.15, 0.2) is 42.7 Å². The lowest BCUT2D eigenvalue weighted by Gasteiger charge is -2.17. The van der Waals surface area contributed by atoms with Crippen molar-refractivity contribution >= 4 is 22.6 Å². The molecule has 0 saturated carbocycles. The zero-order valence-corrected chi connectivity index (χ0v) is 13.0. The summed E-state index contributed by atoms with van der Waals surface area (Å²) in [4.78, 5) is 17.6. The molecule has 0 radical (unpaired) electrons. The third-order valence-electron chi connectivity index (χ3n) is 4.36. The second-order valence-electron chi connectivity index (χ2n) is 6.06. The smallest absolute Gasteiger partial charge is 0.321 e. The van der Waals surface area contributed by atoms with Gasteiger partial charge in [0, 0.05) is 47.8 Å². The van der Waals surface area contributed by atoms with Gasteiger partial charge in [0.25, 0.3) is 0 Å². The third kappa shape index (κ3) is 2.67. The van der Waals surface area contributed by atoms with Crippen LogP contribution in [0, 0.1) is 6.92 Å². The Bertz CT molecular complexity index is 836. The molecule has 1 aliphatic heterocycles. The standard InChI is InChI=1S/C17H19N5O/c1-12-9-13-10-14(3-4-16(13)19-12)20-17(23)21-8-5-15(11-21)22-7-2-6-18-22/h2-4,6-7,9-10,15,19H,5,8,11H2,1H3,(H,20,23)/t15-/m1/s1. The molecular formula is C17H19N5O. The molecule has 1 atom stereocenters. The van der Waals surface area contributed by atoms with E-state index in [9.17, 15) is 4.79 Å². The molecule has 1 fully saturated rings. The summed E-state index contributed by atoms with van der Waals surface area (Å²) in [5, 5.41) is 8.37. The molecular weight excluding hydrogens is 290 g/mol. The summed E-state index contributed by atoms with van der Waals surface area (Å²) in [6.07, 6.45) is 4.66. The van der Waals surface area contributed by atoms with Crippen LogP contribution in [0.2, 0.25) is 0 Å². The molecule has 3 aromatic rings. The molecule has 6 heteroatoms. The zero-order valence-electron chi connectivity index (χ0n) is 13.0. The van der Waals surface area contributed by atoms with Gasteiger partial charge in [0.2, 0.25) is 0 Å². The average molecular weight is 309 g/mol. The van der Waals surface area contributed by atoms with Gasteiger partial charge >= 0.3 is 6.03 Å². The molecule has 1 saturated heterocycles. The lowest BCUT2D eigenvalue weighted by atomic mass is 10.2. The first-order valence-electron chi connectivity index (χ1n) is 7.83. The number of rotatable bonds is 2. The Balaban J connectivity index is 1.44. The minimum Gasteiger partial charge on any atom is -0.359 e. The van der Waals surface area contributed by atoms with E-state index in [1.807, 2.05) is 47.0 Å². The number of anilines is 1. The fourth-order valence-electron chi connectivity index (χ4n) is 3.20. The molecule has 1 aliphatic rings. The number of amides is 2. The average Bonchev–Trinajstić information content (AvgIpc) is 3.26. The fraction of sp³-hybridized carbons (Fsp3) is 0.294. The summed E-state index contributed by atoms with van der Waals surface area (Å²) in [5.41, 5.74) is 3.02. The lowest BCUT2D eigenvalue weighted by Crippen LogP contribution is -2.33. The fourth-order valence-corrected chi connectivity index (χ4v) is 3.20. The Labute approximate surface area is 134 Å². The van der Waals surface area contributed by atoms with Gasteiger partial charge in [-0.05, 0) is 43.7 Å². The van der Waals surface area contributed by atoms with Crippen molar-refractivity contribution in [3.8, 4) is 0 Å². The number of likely N-dealkylation sites (tertiary alicyclic amines) is 1. The molecule has 0 bridgehead atoms. The first-order chi connectivity index (χ1) is 11.2. The van der Waals surface area contributed by atoms with E-state index < -0.39 is 0 Å². The van der Waals surface area contributed by atoms with E-state index in [4.69, 9.17) is 0 Å². The number of nitrogens with one attached hydrogen (secondary N) is 2. The first-order valence-corrected chi connectivity index (χ1v) is 7.83. The van der Waals surface area contributed by atoms with Gasteiger partial charge < -0.3 is 15.2 Å². The van der Waals surface area contributed by atoms with Crippen molar-refractivity contribution in [2.45, 2.75) is 19.4 Å². The van der Waals surface area contributed by atoms with Crippen molar-refractivity contribution in [1.29, 1.82) is 0 Å². The van der Waals surface area contributed by atoms with E-state index in [2.05, 4.69) is 21.5 Å². The maximum Gasteiger partial charge on any atom is 0.321 e. The minimum absolute atomic E-state index is 0.0498. The van der Waals surface area contributed by atoms with Gasteiger partial charge in [0.15, 0.2) is 0 Å². The normalized spacial score (nSPS) is 17.8. The van der Waals surface area contributed by atoms with E-state index in [0.29, 0.717) is 6.54 Å². The highest BCUT2D eigenvalue weighted by Crippen LogP contribution is 2.23. The highest BCUT2D eigenvalue weighted by molar-refractivity contribution is 5.93. The molecule has 3 heterocycles. The molecule has 2 N–H and O–H groups in total. The lowest BCUT2D eigenvalue weighted by molar-refractivity contribution is 0.220. The quantitative estimate of drug-likeness (QED) is 0.763. The van der Waals surface area contributed by atoms with E-state index in [1.54, 1.807) is 6.20 Å². The largest absolute Gasteiger partial charge is 0.359 e. The summed E-state index contributed by atoms with van der Waals surface area (Å²) in [6, 6.07) is 10.1. The number of fused-ring (bicyclic) bond motifs is 1. The Hall–Kier alpha value is -2.76. The molecule has 2 amide bonds. The van der Waals surface area contributed by atoms with Crippen molar-refractivity contribution < 1.29 is 4.79 Å². The van der Waals surface area contributed by atoms with E-state index in [0.717, 1.165) is 35.2 Å². The van der Waals surface area contributed by atoms with Crippen LogP contribution in [-0.2, 0) is 0 Å². The molecule has 6 nitrogen and oxygen atoms in total. The van der Waals surface area contributed by atoms with Crippen molar-refractivity contribution in [2.24, 2.45) is 0 Å². The molecule has 1 aromatic carbocycles. The summed E-state index contributed by atoms with van der Waals surface area (Å²) < 4.78 is 1.93. The number of hydrogen-bond acceptors (Lipinski definition) is 2. The number of aromatic amines is 1.